The number of nitrogens with zero attached hydrogens (tertiary/aromatic N) is 1. The molecule has 2 rings (SSSR count). The SMILES string of the molecule is COCCNC(=O)c1ccc2c(c1)N(C)[C@H](CC(=O)NC(C)(C)C(=O)O)CO2. The van der Waals surface area contributed by atoms with Crippen molar-refractivity contribution < 1.29 is 29.0 Å². The molecule has 1 aliphatic rings. The maximum atomic E-state index is 12.3. The van der Waals surface area contributed by atoms with E-state index in [2.05, 4.69) is 10.6 Å². The van der Waals surface area contributed by atoms with Crippen molar-refractivity contribution >= 4 is 23.5 Å². The Morgan fingerprint density at radius 2 is 2.07 bits per heavy atom. The van der Waals surface area contributed by atoms with E-state index >= 15 is 0 Å². The molecule has 0 saturated carbocycles. The van der Waals surface area contributed by atoms with Crippen molar-refractivity contribution in [3.63, 3.8) is 0 Å². The van der Waals surface area contributed by atoms with Crippen LogP contribution in [0.15, 0.2) is 18.2 Å². The van der Waals surface area contributed by atoms with E-state index < -0.39 is 11.5 Å². The first-order chi connectivity index (χ1) is 13.2. The number of carbonyl (C=O) groups is 3. The van der Waals surface area contributed by atoms with Crippen LogP contribution < -0.4 is 20.3 Å². The van der Waals surface area contributed by atoms with Crippen LogP contribution in [0.4, 0.5) is 5.69 Å². The average molecular weight is 393 g/mol. The van der Waals surface area contributed by atoms with Gasteiger partial charge < -0.3 is 30.1 Å². The summed E-state index contributed by atoms with van der Waals surface area (Å²) in [7, 11) is 3.37. The number of hydrogen-bond donors (Lipinski definition) is 3. The van der Waals surface area contributed by atoms with Gasteiger partial charge in [0.25, 0.3) is 5.91 Å². The number of carboxylic acid groups (broad SMARTS) is 1. The van der Waals surface area contributed by atoms with Crippen LogP contribution in [0.25, 0.3) is 0 Å². The van der Waals surface area contributed by atoms with Gasteiger partial charge in [-0.15, -0.1) is 0 Å². The summed E-state index contributed by atoms with van der Waals surface area (Å²) in [5.41, 5.74) is -0.181. The molecule has 9 heteroatoms. The number of benzene rings is 1. The lowest BCUT2D eigenvalue weighted by molar-refractivity contribution is -0.146. The van der Waals surface area contributed by atoms with Crippen molar-refractivity contribution in [2.75, 3.05) is 38.8 Å². The number of nitrogens with one attached hydrogen (secondary N) is 2. The van der Waals surface area contributed by atoms with Crippen LogP contribution in [0.1, 0.15) is 30.6 Å². The third-order valence-corrected chi connectivity index (χ3v) is 4.58. The molecule has 1 atom stereocenters. The van der Waals surface area contributed by atoms with E-state index in [9.17, 15) is 14.4 Å². The highest BCUT2D eigenvalue weighted by molar-refractivity contribution is 5.95. The van der Waals surface area contributed by atoms with Crippen molar-refractivity contribution in [2.45, 2.75) is 31.8 Å². The first kappa shape index (κ1) is 21.5. The van der Waals surface area contributed by atoms with Gasteiger partial charge >= 0.3 is 5.97 Å². The highest BCUT2D eigenvalue weighted by Crippen LogP contribution is 2.34. The molecule has 0 spiro atoms. The fourth-order valence-electron chi connectivity index (χ4n) is 2.78. The number of rotatable bonds is 8. The van der Waals surface area contributed by atoms with E-state index in [1.54, 1.807) is 25.3 Å². The van der Waals surface area contributed by atoms with Crippen LogP contribution in [-0.4, -0.2) is 68.4 Å². The lowest BCUT2D eigenvalue weighted by atomic mass is 10.0. The van der Waals surface area contributed by atoms with Gasteiger partial charge in [-0.1, -0.05) is 0 Å². The number of carbonyl (C=O) groups excluding carboxylic acids is 2. The van der Waals surface area contributed by atoms with Gasteiger partial charge in [-0.3, -0.25) is 9.59 Å². The Morgan fingerprint density at radius 1 is 1.36 bits per heavy atom. The van der Waals surface area contributed by atoms with Gasteiger partial charge in [0.15, 0.2) is 0 Å². The molecule has 0 radical (unpaired) electrons. The maximum Gasteiger partial charge on any atom is 0.328 e. The van der Waals surface area contributed by atoms with Crippen molar-refractivity contribution in [3.8, 4) is 5.75 Å². The molecule has 0 aliphatic carbocycles. The Balaban J connectivity index is 2.07. The van der Waals surface area contributed by atoms with Crippen LogP contribution in [0.3, 0.4) is 0 Å². The molecule has 2 amide bonds. The summed E-state index contributed by atoms with van der Waals surface area (Å²) in [4.78, 5) is 37.6. The topological polar surface area (TPSA) is 117 Å². The van der Waals surface area contributed by atoms with Crippen LogP contribution in [-0.2, 0) is 14.3 Å². The molecule has 3 N–H and O–H groups in total. The number of fused-ring (bicyclic) bond motifs is 1. The van der Waals surface area contributed by atoms with Crippen LogP contribution in [0.2, 0.25) is 0 Å². The summed E-state index contributed by atoms with van der Waals surface area (Å²) >= 11 is 0. The van der Waals surface area contributed by atoms with E-state index in [4.69, 9.17) is 14.6 Å². The number of likely N-dealkylation sites (N-methyl/N-ethyl adjacent to an activating group) is 1. The predicted octanol–water partition coefficient (Wildman–Crippen LogP) is 0.630. The van der Waals surface area contributed by atoms with Gasteiger partial charge in [0.05, 0.1) is 24.8 Å². The fourth-order valence-corrected chi connectivity index (χ4v) is 2.78. The molecule has 1 aliphatic heterocycles. The van der Waals surface area contributed by atoms with E-state index in [1.807, 2.05) is 11.9 Å². The second-order valence-electron chi connectivity index (χ2n) is 7.19. The monoisotopic (exact) mass is 393 g/mol. The van der Waals surface area contributed by atoms with E-state index in [0.29, 0.717) is 30.2 Å². The summed E-state index contributed by atoms with van der Waals surface area (Å²) in [6.07, 6.45) is 0.0664. The highest BCUT2D eigenvalue weighted by Gasteiger charge is 2.32. The third-order valence-electron chi connectivity index (χ3n) is 4.58. The van der Waals surface area contributed by atoms with Gasteiger partial charge in [-0.25, -0.2) is 4.79 Å². The van der Waals surface area contributed by atoms with Crippen molar-refractivity contribution in [3.05, 3.63) is 23.8 Å². The number of ether oxygens (including phenoxy) is 2. The Bertz CT molecular complexity index is 749. The van der Waals surface area contributed by atoms with Crippen molar-refractivity contribution in [1.29, 1.82) is 0 Å². The molecular formula is C19H27N3O6. The number of hydrogen-bond acceptors (Lipinski definition) is 6. The zero-order chi connectivity index (χ0) is 20.9. The Hall–Kier alpha value is -2.81. The zero-order valence-corrected chi connectivity index (χ0v) is 16.6. The number of anilines is 1. The summed E-state index contributed by atoms with van der Waals surface area (Å²) in [6, 6.07) is 4.82. The van der Waals surface area contributed by atoms with E-state index in [-0.39, 0.29) is 30.9 Å². The summed E-state index contributed by atoms with van der Waals surface area (Å²) in [5.74, 6) is -1.09. The van der Waals surface area contributed by atoms with Gasteiger partial charge in [-0.2, -0.15) is 0 Å². The lowest BCUT2D eigenvalue weighted by Crippen LogP contribution is -2.52. The molecule has 0 aromatic heterocycles. The molecule has 0 unspecified atom stereocenters. The second-order valence-corrected chi connectivity index (χ2v) is 7.19. The molecule has 0 fully saturated rings. The normalized spacial score (nSPS) is 16.0. The van der Waals surface area contributed by atoms with Crippen molar-refractivity contribution in [2.24, 2.45) is 0 Å². The predicted molar refractivity (Wildman–Crippen MR) is 103 cm³/mol. The van der Waals surface area contributed by atoms with Crippen LogP contribution in [0.5, 0.6) is 5.75 Å². The third kappa shape index (κ3) is 5.13. The largest absolute Gasteiger partial charge is 0.489 e. The first-order valence-electron chi connectivity index (χ1n) is 8.97. The van der Waals surface area contributed by atoms with Gasteiger partial charge in [0.1, 0.15) is 17.9 Å². The molecular weight excluding hydrogens is 366 g/mol. The summed E-state index contributed by atoms with van der Waals surface area (Å²) < 4.78 is 10.6. The number of methoxy groups -OCH3 is 1. The molecule has 154 valence electrons. The minimum absolute atomic E-state index is 0.0664. The summed E-state index contributed by atoms with van der Waals surface area (Å²) in [5, 5.41) is 14.4. The fraction of sp³-hybridized carbons (Fsp3) is 0.526. The quantitative estimate of drug-likeness (QED) is 0.555. The lowest BCUT2D eigenvalue weighted by Gasteiger charge is -2.36. The van der Waals surface area contributed by atoms with Gasteiger partial charge in [-0.05, 0) is 32.0 Å². The first-order valence-corrected chi connectivity index (χ1v) is 8.97. The smallest absolute Gasteiger partial charge is 0.328 e. The Labute approximate surface area is 164 Å². The molecule has 1 heterocycles. The van der Waals surface area contributed by atoms with E-state index in [1.165, 1.54) is 13.8 Å². The molecule has 0 bridgehead atoms. The number of amides is 2. The Morgan fingerprint density at radius 3 is 2.71 bits per heavy atom. The molecule has 0 saturated heterocycles. The summed E-state index contributed by atoms with van der Waals surface area (Å²) in [6.45, 7) is 3.96. The van der Waals surface area contributed by atoms with Gasteiger partial charge in [0, 0.05) is 26.3 Å². The minimum Gasteiger partial charge on any atom is -0.489 e. The highest BCUT2D eigenvalue weighted by atomic mass is 16.5. The van der Waals surface area contributed by atoms with Crippen LogP contribution in [0, 0.1) is 0 Å². The Kier molecular flexibility index (Phi) is 6.85. The molecule has 1 aromatic rings. The molecule has 1 aromatic carbocycles. The second kappa shape index (κ2) is 8.92. The number of carboxylic acids is 1. The van der Waals surface area contributed by atoms with E-state index in [0.717, 1.165) is 0 Å². The molecule has 9 nitrogen and oxygen atoms in total. The minimum atomic E-state index is -1.35. The van der Waals surface area contributed by atoms with Crippen LogP contribution >= 0.6 is 0 Å². The molecule has 28 heavy (non-hydrogen) atoms. The van der Waals surface area contributed by atoms with Crippen molar-refractivity contribution in [1.82, 2.24) is 10.6 Å². The zero-order valence-electron chi connectivity index (χ0n) is 16.6. The maximum absolute atomic E-state index is 12.3. The number of aliphatic carboxylic acids is 1. The van der Waals surface area contributed by atoms with Gasteiger partial charge in [0.2, 0.25) is 5.91 Å². The standard InChI is InChI=1S/C19H27N3O6/c1-19(2,18(25)26)21-16(23)10-13-11-28-15-6-5-12(9-14(15)22(13)3)17(24)20-7-8-27-4/h5-6,9,13H,7-8,10-11H2,1-4H3,(H,20,24)(H,21,23)(H,25,26)/t13-/m1/s1. The average Bonchev–Trinajstić information content (AvgIpc) is 2.63.